The Labute approximate surface area is 149 Å². The van der Waals surface area contributed by atoms with Gasteiger partial charge in [-0.05, 0) is 93.6 Å². The molecule has 1 aromatic rings. The highest BCUT2D eigenvalue weighted by Crippen LogP contribution is 2.58. The molecule has 0 aromatic heterocycles. The normalized spacial score (nSPS) is 35.2. The van der Waals surface area contributed by atoms with Crippen LogP contribution >= 0.6 is 8.58 Å². The molecule has 1 aromatic carbocycles. The fourth-order valence-corrected chi connectivity index (χ4v) is 6.82. The van der Waals surface area contributed by atoms with E-state index in [-0.39, 0.29) is 11.2 Å². The first-order chi connectivity index (χ1) is 11.5. The molecule has 2 heteroatoms. The summed E-state index contributed by atoms with van der Waals surface area (Å²) in [5.41, 5.74) is 2.84. The Balaban J connectivity index is 1.48. The van der Waals surface area contributed by atoms with E-state index in [1.807, 2.05) is 0 Å². The van der Waals surface area contributed by atoms with E-state index < -0.39 is 0 Å². The molecule has 1 unspecified atom stereocenters. The van der Waals surface area contributed by atoms with Crippen LogP contribution in [-0.2, 0) is 16.5 Å². The van der Waals surface area contributed by atoms with Crippen molar-refractivity contribution in [3.8, 4) is 0 Å². The van der Waals surface area contributed by atoms with Gasteiger partial charge in [-0.15, -0.1) is 8.58 Å². The third kappa shape index (κ3) is 3.32. The van der Waals surface area contributed by atoms with E-state index >= 15 is 0 Å². The maximum Gasteiger partial charge on any atom is 0.0882 e. The van der Waals surface area contributed by atoms with E-state index in [1.54, 1.807) is 0 Å². The molecular weight excluding hydrogens is 311 g/mol. The summed E-state index contributed by atoms with van der Waals surface area (Å²) < 4.78 is 6.95. The minimum Gasteiger partial charge on any atom is -0.364 e. The molecule has 24 heavy (non-hydrogen) atoms. The lowest BCUT2D eigenvalue weighted by Gasteiger charge is -2.58. The third-order valence-corrected chi connectivity index (χ3v) is 7.84. The van der Waals surface area contributed by atoms with Crippen LogP contribution in [0.25, 0.3) is 0 Å². The van der Waals surface area contributed by atoms with Gasteiger partial charge in [-0.1, -0.05) is 31.2 Å². The van der Waals surface area contributed by atoms with E-state index in [0.29, 0.717) is 0 Å². The minimum absolute atomic E-state index is 0.169. The van der Waals surface area contributed by atoms with Gasteiger partial charge >= 0.3 is 0 Å². The Morgan fingerprint density at radius 3 is 2.04 bits per heavy atom. The van der Waals surface area contributed by atoms with Crippen LogP contribution in [0.1, 0.15) is 70.4 Å². The fourth-order valence-electron chi connectivity index (χ4n) is 6.05. The fraction of sp³-hybridized carbons (Fsp3) is 0.727. The van der Waals surface area contributed by atoms with Crippen LogP contribution in [0.3, 0.4) is 0 Å². The summed E-state index contributed by atoms with van der Waals surface area (Å²) in [7, 11) is 1.05. The summed E-state index contributed by atoms with van der Waals surface area (Å²) in [5, 5.41) is 0. The summed E-state index contributed by atoms with van der Waals surface area (Å²) in [6.45, 7) is 6.85. The zero-order chi connectivity index (χ0) is 16.8. The van der Waals surface area contributed by atoms with Gasteiger partial charge in [-0.2, -0.15) is 0 Å². The van der Waals surface area contributed by atoms with E-state index in [4.69, 9.17) is 4.74 Å². The van der Waals surface area contributed by atoms with Crippen LogP contribution in [0, 0.1) is 17.8 Å². The summed E-state index contributed by atoms with van der Waals surface area (Å²) in [6, 6.07) is 9.28. The van der Waals surface area contributed by atoms with E-state index in [0.717, 1.165) is 26.3 Å². The monoisotopic (exact) mass is 344 g/mol. The number of ether oxygens (including phenoxy) is 1. The molecular formula is C22H33OP. The summed E-state index contributed by atoms with van der Waals surface area (Å²) in [6.07, 6.45) is 10.9. The summed E-state index contributed by atoms with van der Waals surface area (Å²) in [5.74, 6) is 2.85. The Kier molecular flexibility index (Phi) is 4.55. The van der Waals surface area contributed by atoms with Gasteiger partial charge in [-0.25, -0.2) is 0 Å². The van der Waals surface area contributed by atoms with E-state index in [9.17, 15) is 0 Å². The number of benzene rings is 1. The molecule has 4 saturated carbocycles. The van der Waals surface area contributed by atoms with Crippen molar-refractivity contribution in [3.63, 3.8) is 0 Å². The lowest BCUT2D eigenvalue weighted by Crippen LogP contribution is -2.54. The van der Waals surface area contributed by atoms with Crippen molar-refractivity contribution in [2.75, 3.05) is 6.16 Å². The third-order valence-electron chi connectivity index (χ3n) is 6.68. The quantitative estimate of drug-likeness (QED) is 0.566. The topological polar surface area (TPSA) is 9.23 Å². The highest BCUT2D eigenvalue weighted by Gasteiger charge is 2.53. The van der Waals surface area contributed by atoms with Crippen LogP contribution in [0.2, 0.25) is 0 Å². The lowest BCUT2D eigenvalue weighted by atomic mass is 9.54. The molecule has 0 aliphatic heterocycles. The predicted octanol–water partition coefficient (Wildman–Crippen LogP) is 6.11. The van der Waals surface area contributed by atoms with Crippen molar-refractivity contribution in [1.29, 1.82) is 0 Å². The highest BCUT2D eigenvalue weighted by molar-refractivity contribution is 7.37. The SMILES string of the molecule is CCPCc1ccc(C(C)(C)OC23CC4CC(CC(C4)C2)C3)cc1. The molecule has 0 amide bonds. The molecule has 132 valence electrons. The molecule has 4 fully saturated rings. The molecule has 4 aliphatic carbocycles. The maximum atomic E-state index is 6.95. The first kappa shape index (κ1) is 17.0. The van der Waals surface area contributed by atoms with Crippen molar-refractivity contribution < 1.29 is 4.74 Å². The largest absolute Gasteiger partial charge is 0.364 e. The van der Waals surface area contributed by atoms with E-state index in [2.05, 4.69) is 45.0 Å². The Hall–Kier alpha value is -0.390. The first-order valence-corrected chi connectivity index (χ1v) is 11.4. The van der Waals surface area contributed by atoms with E-state index in [1.165, 1.54) is 62.0 Å². The second-order valence-corrected chi connectivity index (χ2v) is 10.8. The van der Waals surface area contributed by atoms with Crippen molar-refractivity contribution >= 4 is 8.58 Å². The molecule has 0 radical (unpaired) electrons. The molecule has 4 bridgehead atoms. The van der Waals surface area contributed by atoms with Gasteiger partial charge in [0.2, 0.25) is 0 Å². The predicted molar refractivity (Wildman–Crippen MR) is 104 cm³/mol. The second kappa shape index (κ2) is 6.40. The van der Waals surface area contributed by atoms with Crippen molar-refractivity contribution in [2.45, 2.75) is 76.7 Å². The number of hydrogen-bond acceptors (Lipinski definition) is 1. The molecule has 0 heterocycles. The lowest BCUT2D eigenvalue weighted by molar-refractivity contribution is -0.219. The molecule has 0 spiro atoms. The Morgan fingerprint density at radius 2 is 1.54 bits per heavy atom. The van der Waals surface area contributed by atoms with Gasteiger partial charge < -0.3 is 4.74 Å². The van der Waals surface area contributed by atoms with Gasteiger partial charge in [0.25, 0.3) is 0 Å². The smallest absolute Gasteiger partial charge is 0.0882 e. The van der Waals surface area contributed by atoms with Gasteiger partial charge in [0.1, 0.15) is 0 Å². The van der Waals surface area contributed by atoms with Gasteiger partial charge in [0.05, 0.1) is 11.2 Å². The van der Waals surface area contributed by atoms with Crippen LogP contribution in [-0.4, -0.2) is 11.8 Å². The van der Waals surface area contributed by atoms with Gasteiger partial charge in [0, 0.05) is 0 Å². The van der Waals surface area contributed by atoms with Crippen molar-refractivity contribution in [1.82, 2.24) is 0 Å². The van der Waals surface area contributed by atoms with Crippen molar-refractivity contribution in [2.24, 2.45) is 17.8 Å². The molecule has 1 atom stereocenters. The van der Waals surface area contributed by atoms with Crippen LogP contribution < -0.4 is 0 Å². The highest BCUT2D eigenvalue weighted by atomic mass is 31.1. The first-order valence-electron chi connectivity index (χ1n) is 9.98. The average molecular weight is 344 g/mol. The zero-order valence-corrected chi connectivity index (χ0v) is 16.6. The minimum atomic E-state index is -0.169. The number of hydrogen-bond donors (Lipinski definition) is 0. The molecule has 5 rings (SSSR count). The van der Waals surface area contributed by atoms with Crippen LogP contribution in [0.5, 0.6) is 0 Å². The number of rotatable bonds is 6. The van der Waals surface area contributed by atoms with Crippen LogP contribution in [0.4, 0.5) is 0 Å². The molecule has 0 saturated heterocycles. The van der Waals surface area contributed by atoms with Gasteiger partial charge in [0.15, 0.2) is 0 Å². The standard InChI is InChI=1S/C22H33OP/c1-4-24-15-16-5-7-20(8-6-16)21(2,3)23-22-12-17-9-18(13-22)11-19(10-17)14-22/h5-8,17-19,24H,4,9-15H2,1-3H3. The van der Waals surface area contributed by atoms with Crippen molar-refractivity contribution in [3.05, 3.63) is 35.4 Å². The summed E-state index contributed by atoms with van der Waals surface area (Å²) >= 11 is 0. The Bertz CT molecular complexity index is 539. The Morgan fingerprint density at radius 1 is 1.00 bits per heavy atom. The summed E-state index contributed by atoms with van der Waals surface area (Å²) in [4.78, 5) is 0. The zero-order valence-electron chi connectivity index (χ0n) is 15.6. The average Bonchev–Trinajstić information content (AvgIpc) is 2.51. The molecule has 4 aliphatic rings. The van der Waals surface area contributed by atoms with Crippen LogP contribution in [0.15, 0.2) is 24.3 Å². The molecule has 1 nitrogen and oxygen atoms in total. The molecule has 0 N–H and O–H groups in total. The second-order valence-electron chi connectivity index (χ2n) is 9.19. The van der Waals surface area contributed by atoms with Gasteiger partial charge in [-0.3, -0.25) is 0 Å². The maximum absolute atomic E-state index is 6.95.